The lowest BCUT2D eigenvalue weighted by Crippen LogP contribution is -2.15. The minimum Gasteiger partial charge on any atom is -0.352 e. The molecule has 2 aliphatic rings. The lowest BCUT2D eigenvalue weighted by atomic mass is 10.1. The molecule has 5 rings (SSSR count). The van der Waals surface area contributed by atoms with E-state index in [-0.39, 0.29) is 0 Å². The van der Waals surface area contributed by atoms with Gasteiger partial charge in [-0.25, -0.2) is 4.98 Å². The van der Waals surface area contributed by atoms with E-state index in [1.54, 1.807) is 6.20 Å². The SMILES string of the molecule is CCCN=c1cc2n(-c3ccc(Br)cc3)c3ccccc3nc-2cc1Nc1cccnc1. The van der Waals surface area contributed by atoms with E-state index in [2.05, 4.69) is 80.2 Å². The van der Waals surface area contributed by atoms with Crippen LogP contribution in [-0.2, 0) is 0 Å². The summed E-state index contributed by atoms with van der Waals surface area (Å²) >= 11 is 3.55. The zero-order valence-electron chi connectivity index (χ0n) is 17.7. The summed E-state index contributed by atoms with van der Waals surface area (Å²) in [6.45, 7) is 2.89. The minimum atomic E-state index is 0.756. The Balaban J connectivity index is 1.81. The van der Waals surface area contributed by atoms with E-state index in [9.17, 15) is 0 Å². The second kappa shape index (κ2) is 8.93. The number of hydrogen-bond acceptors (Lipinski definition) is 4. The van der Waals surface area contributed by atoms with Gasteiger partial charge in [-0.15, -0.1) is 0 Å². The number of nitrogens with one attached hydrogen (secondary N) is 1. The summed E-state index contributed by atoms with van der Waals surface area (Å²) < 4.78 is 3.30. The Kier molecular flexibility index (Phi) is 5.69. The van der Waals surface area contributed by atoms with Crippen molar-refractivity contribution in [1.29, 1.82) is 0 Å². The first kappa shape index (κ1) is 20.4. The number of fused-ring (bicyclic) bond motifs is 2. The number of pyridine rings is 1. The fourth-order valence-corrected chi connectivity index (χ4v) is 4.03. The fraction of sp³-hybridized carbons (Fsp3) is 0.115. The summed E-state index contributed by atoms with van der Waals surface area (Å²) in [5.74, 6) is 0. The van der Waals surface area contributed by atoms with Gasteiger partial charge >= 0.3 is 0 Å². The van der Waals surface area contributed by atoms with E-state index in [1.807, 2.05) is 36.5 Å². The van der Waals surface area contributed by atoms with Crippen LogP contribution in [0.25, 0.3) is 28.1 Å². The molecule has 0 spiro atoms. The van der Waals surface area contributed by atoms with Gasteiger partial charge in [0.05, 0.1) is 45.4 Å². The summed E-state index contributed by atoms with van der Waals surface area (Å²) in [6, 6.07) is 24.7. The quantitative estimate of drug-likeness (QED) is 0.296. The average Bonchev–Trinajstić information content (AvgIpc) is 2.83. The Hall–Kier alpha value is -3.51. The Labute approximate surface area is 195 Å². The molecule has 2 aromatic carbocycles. The summed E-state index contributed by atoms with van der Waals surface area (Å²) in [5, 5.41) is 4.39. The van der Waals surface area contributed by atoms with E-state index in [0.29, 0.717) is 0 Å². The topological polar surface area (TPSA) is 55.1 Å². The maximum atomic E-state index is 4.98. The molecule has 0 fully saturated rings. The van der Waals surface area contributed by atoms with E-state index in [0.717, 1.165) is 62.3 Å². The van der Waals surface area contributed by atoms with Crippen molar-refractivity contribution in [1.82, 2.24) is 14.5 Å². The van der Waals surface area contributed by atoms with Gasteiger partial charge in [0.15, 0.2) is 0 Å². The molecule has 0 atom stereocenters. The van der Waals surface area contributed by atoms with Crippen LogP contribution in [0.15, 0.2) is 94.7 Å². The van der Waals surface area contributed by atoms with E-state index >= 15 is 0 Å². The molecule has 1 aliphatic heterocycles. The Bertz CT molecular complexity index is 1410. The molecule has 1 aliphatic carbocycles. The van der Waals surface area contributed by atoms with Crippen LogP contribution in [0.4, 0.5) is 11.4 Å². The first-order chi connectivity index (χ1) is 15.7. The fourth-order valence-electron chi connectivity index (χ4n) is 3.77. The second-order valence-electron chi connectivity index (χ2n) is 7.52. The number of nitrogens with zero attached hydrogens (tertiary/aromatic N) is 4. The van der Waals surface area contributed by atoms with Crippen molar-refractivity contribution in [3.63, 3.8) is 0 Å². The molecule has 6 heteroatoms. The molecule has 158 valence electrons. The maximum Gasteiger partial charge on any atom is 0.0900 e. The van der Waals surface area contributed by atoms with Gasteiger partial charge in [0, 0.05) is 22.9 Å². The minimum absolute atomic E-state index is 0.756. The third kappa shape index (κ3) is 4.01. The Morgan fingerprint density at radius 2 is 1.84 bits per heavy atom. The van der Waals surface area contributed by atoms with Crippen molar-refractivity contribution in [3.05, 3.63) is 95.0 Å². The molecule has 0 unspecified atom stereocenters. The number of aromatic nitrogens is 3. The number of benzene rings is 3. The number of para-hydroxylation sites is 2. The normalized spacial score (nSPS) is 11.9. The molecular formula is C26H22BrN5. The second-order valence-corrected chi connectivity index (χ2v) is 8.43. The van der Waals surface area contributed by atoms with Gasteiger partial charge in [0.2, 0.25) is 0 Å². The average molecular weight is 484 g/mol. The van der Waals surface area contributed by atoms with Gasteiger partial charge in [-0.3, -0.25) is 9.98 Å². The van der Waals surface area contributed by atoms with Gasteiger partial charge in [0.25, 0.3) is 0 Å². The lowest BCUT2D eigenvalue weighted by molar-refractivity contribution is 0.903. The van der Waals surface area contributed by atoms with E-state index in [1.165, 1.54) is 0 Å². The highest BCUT2D eigenvalue weighted by Crippen LogP contribution is 2.30. The van der Waals surface area contributed by atoms with Crippen LogP contribution < -0.4 is 10.7 Å². The highest BCUT2D eigenvalue weighted by atomic mass is 79.9. The summed E-state index contributed by atoms with van der Waals surface area (Å²) in [7, 11) is 0. The zero-order valence-corrected chi connectivity index (χ0v) is 19.2. The monoisotopic (exact) mass is 483 g/mol. The molecule has 0 radical (unpaired) electrons. The largest absolute Gasteiger partial charge is 0.352 e. The Morgan fingerprint density at radius 1 is 1.00 bits per heavy atom. The van der Waals surface area contributed by atoms with Gasteiger partial charge in [0.1, 0.15) is 0 Å². The van der Waals surface area contributed by atoms with Crippen LogP contribution in [0.2, 0.25) is 0 Å². The van der Waals surface area contributed by atoms with Gasteiger partial charge < -0.3 is 9.88 Å². The summed E-state index contributed by atoms with van der Waals surface area (Å²) in [4.78, 5) is 14.1. The number of halogens is 1. The summed E-state index contributed by atoms with van der Waals surface area (Å²) in [5.41, 5.74) is 6.81. The molecule has 0 amide bonds. The van der Waals surface area contributed by atoms with Crippen molar-refractivity contribution >= 4 is 38.3 Å². The first-order valence-electron chi connectivity index (χ1n) is 10.6. The third-order valence-electron chi connectivity index (χ3n) is 5.23. The van der Waals surface area contributed by atoms with Crippen LogP contribution in [0.5, 0.6) is 0 Å². The molecule has 0 saturated heterocycles. The van der Waals surface area contributed by atoms with E-state index in [4.69, 9.17) is 9.98 Å². The number of hydrogen-bond donors (Lipinski definition) is 1. The van der Waals surface area contributed by atoms with Crippen LogP contribution in [-0.4, -0.2) is 21.1 Å². The predicted molar refractivity (Wildman–Crippen MR) is 134 cm³/mol. The van der Waals surface area contributed by atoms with Gasteiger partial charge in [-0.05, 0) is 67.1 Å². The Morgan fingerprint density at radius 3 is 2.62 bits per heavy atom. The smallest absolute Gasteiger partial charge is 0.0900 e. The molecule has 1 N–H and O–H groups in total. The van der Waals surface area contributed by atoms with Crippen molar-refractivity contribution in [3.8, 4) is 17.1 Å². The summed E-state index contributed by atoms with van der Waals surface area (Å²) in [6.07, 6.45) is 4.56. The number of rotatable bonds is 5. The molecule has 5 nitrogen and oxygen atoms in total. The highest BCUT2D eigenvalue weighted by molar-refractivity contribution is 9.10. The molecular weight excluding hydrogens is 462 g/mol. The van der Waals surface area contributed by atoms with Crippen LogP contribution >= 0.6 is 15.9 Å². The van der Waals surface area contributed by atoms with E-state index < -0.39 is 0 Å². The van der Waals surface area contributed by atoms with Crippen molar-refractivity contribution in [2.45, 2.75) is 13.3 Å². The molecule has 3 aromatic rings. The van der Waals surface area contributed by atoms with Crippen molar-refractivity contribution in [2.24, 2.45) is 4.99 Å². The standard InChI is InChI=1S/C26H22BrN5/c1-2-13-29-22-16-26-24(15-23(22)30-19-6-5-14-28-17-19)31-21-7-3-4-8-25(21)32(26)20-11-9-18(27)10-12-20/h3-12,14-17,30H,2,13H2,1H3. The van der Waals surface area contributed by atoms with Crippen molar-refractivity contribution < 1.29 is 0 Å². The van der Waals surface area contributed by atoms with Gasteiger partial charge in [-0.1, -0.05) is 35.0 Å². The van der Waals surface area contributed by atoms with Crippen LogP contribution in [0.3, 0.4) is 0 Å². The number of anilines is 2. The van der Waals surface area contributed by atoms with Crippen molar-refractivity contribution in [2.75, 3.05) is 11.9 Å². The molecule has 0 saturated carbocycles. The van der Waals surface area contributed by atoms with Crippen LogP contribution in [0, 0.1) is 0 Å². The lowest BCUT2D eigenvalue weighted by Gasteiger charge is -2.20. The molecule has 2 heterocycles. The predicted octanol–water partition coefficient (Wildman–Crippen LogP) is 6.34. The zero-order chi connectivity index (χ0) is 21.9. The molecule has 32 heavy (non-hydrogen) atoms. The molecule has 1 aromatic heterocycles. The highest BCUT2D eigenvalue weighted by Gasteiger charge is 2.16. The van der Waals surface area contributed by atoms with Crippen LogP contribution in [0.1, 0.15) is 13.3 Å². The van der Waals surface area contributed by atoms with Gasteiger partial charge in [-0.2, -0.15) is 0 Å². The first-order valence-corrected chi connectivity index (χ1v) is 11.4. The third-order valence-corrected chi connectivity index (χ3v) is 5.76. The molecule has 0 bridgehead atoms. The maximum absolute atomic E-state index is 4.98.